The maximum Gasteiger partial charge on any atom is 0.326 e. The minimum atomic E-state index is -1.01. The summed E-state index contributed by atoms with van der Waals surface area (Å²) >= 11 is 0. The molecule has 1 aliphatic rings. The van der Waals surface area contributed by atoms with Gasteiger partial charge in [-0.1, -0.05) is 6.92 Å². The smallest absolute Gasteiger partial charge is 0.326 e. The highest BCUT2D eigenvalue weighted by molar-refractivity contribution is 5.82. The average Bonchev–Trinajstić information content (AvgIpc) is 2.36. The molecule has 0 spiro atoms. The average molecular weight is 259 g/mol. The molecule has 7 nitrogen and oxygen atoms in total. The number of nitrogens with zero attached hydrogens (tertiary/aromatic N) is 2. The standard InChI is InChI=1S/C11H21N3O4/c1-2-9(10(16)17)12-11(18)14-5-3-13(4-6-14)7-8-15/h9,15H,2-8H2,1H3,(H,12,18)(H,16,17)/t9-/m1/s1. The predicted octanol–water partition coefficient (Wildman–Crippen LogP) is -0.831. The van der Waals surface area contributed by atoms with Gasteiger partial charge < -0.3 is 20.4 Å². The van der Waals surface area contributed by atoms with Crippen molar-refractivity contribution in [3.8, 4) is 0 Å². The van der Waals surface area contributed by atoms with Crippen LogP contribution in [0.2, 0.25) is 0 Å². The molecule has 0 aromatic rings. The normalized spacial score (nSPS) is 18.4. The Hall–Kier alpha value is -1.34. The lowest BCUT2D eigenvalue weighted by Gasteiger charge is -2.34. The second kappa shape index (κ2) is 7.17. The Morgan fingerprint density at radius 1 is 1.28 bits per heavy atom. The SMILES string of the molecule is CC[C@@H](NC(=O)N1CCN(CCO)CC1)C(=O)O. The number of hydrogen-bond acceptors (Lipinski definition) is 4. The third kappa shape index (κ3) is 4.15. The number of urea groups is 1. The highest BCUT2D eigenvalue weighted by Gasteiger charge is 2.24. The maximum atomic E-state index is 11.8. The van der Waals surface area contributed by atoms with Crippen molar-refractivity contribution in [3.63, 3.8) is 0 Å². The second-order valence-corrected chi connectivity index (χ2v) is 4.30. The van der Waals surface area contributed by atoms with Crippen LogP contribution in [0.1, 0.15) is 13.3 Å². The number of amides is 2. The summed E-state index contributed by atoms with van der Waals surface area (Å²) in [5.41, 5.74) is 0. The molecule has 0 aromatic heterocycles. The Kier molecular flexibility index (Phi) is 5.87. The van der Waals surface area contributed by atoms with Gasteiger partial charge in [-0.15, -0.1) is 0 Å². The minimum Gasteiger partial charge on any atom is -0.480 e. The van der Waals surface area contributed by atoms with Crippen molar-refractivity contribution in [2.75, 3.05) is 39.3 Å². The Morgan fingerprint density at radius 3 is 2.33 bits per heavy atom. The van der Waals surface area contributed by atoms with Crippen LogP contribution >= 0.6 is 0 Å². The van der Waals surface area contributed by atoms with Gasteiger partial charge in [0.05, 0.1) is 6.61 Å². The monoisotopic (exact) mass is 259 g/mol. The summed E-state index contributed by atoms with van der Waals surface area (Å²) in [6, 6.07) is -1.15. The third-order valence-corrected chi connectivity index (χ3v) is 3.08. The Morgan fingerprint density at radius 2 is 1.89 bits per heavy atom. The summed E-state index contributed by atoms with van der Waals surface area (Å²) in [5, 5.41) is 20.2. The van der Waals surface area contributed by atoms with E-state index in [-0.39, 0.29) is 12.6 Å². The largest absolute Gasteiger partial charge is 0.480 e. The van der Waals surface area contributed by atoms with Gasteiger partial charge in [0.1, 0.15) is 6.04 Å². The zero-order valence-electron chi connectivity index (χ0n) is 10.6. The summed E-state index contributed by atoms with van der Waals surface area (Å²) in [6.07, 6.45) is 0.367. The number of hydrogen-bond donors (Lipinski definition) is 3. The van der Waals surface area contributed by atoms with Crippen LogP contribution in [0.3, 0.4) is 0 Å². The van der Waals surface area contributed by atoms with E-state index in [1.807, 2.05) is 0 Å². The molecule has 1 saturated heterocycles. The molecule has 1 heterocycles. The van der Waals surface area contributed by atoms with E-state index in [2.05, 4.69) is 10.2 Å². The molecule has 1 fully saturated rings. The molecule has 7 heteroatoms. The molecular formula is C11H21N3O4. The second-order valence-electron chi connectivity index (χ2n) is 4.30. The van der Waals surface area contributed by atoms with E-state index in [9.17, 15) is 9.59 Å². The van der Waals surface area contributed by atoms with Crippen LogP contribution in [0.25, 0.3) is 0 Å². The number of rotatable bonds is 5. The van der Waals surface area contributed by atoms with Gasteiger partial charge in [0, 0.05) is 32.7 Å². The van der Waals surface area contributed by atoms with Gasteiger partial charge >= 0.3 is 12.0 Å². The molecule has 0 aromatic carbocycles. The lowest BCUT2D eigenvalue weighted by atomic mass is 10.2. The van der Waals surface area contributed by atoms with Crippen molar-refractivity contribution < 1.29 is 19.8 Å². The van der Waals surface area contributed by atoms with E-state index in [4.69, 9.17) is 10.2 Å². The first-order chi connectivity index (χ1) is 8.58. The molecule has 0 saturated carbocycles. The van der Waals surface area contributed by atoms with Crippen molar-refractivity contribution in [1.29, 1.82) is 0 Å². The number of aliphatic hydroxyl groups is 1. The molecule has 18 heavy (non-hydrogen) atoms. The number of nitrogens with one attached hydrogen (secondary N) is 1. The number of carboxylic acid groups (broad SMARTS) is 1. The molecule has 1 atom stereocenters. The highest BCUT2D eigenvalue weighted by atomic mass is 16.4. The summed E-state index contributed by atoms with van der Waals surface area (Å²) in [7, 11) is 0. The van der Waals surface area contributed by atoms with Crippen molar-refractivity contribution >= 4 is 12.0 Å². The van der Waals surface area contributed by atoms with E-state index in [1.165, 1.54) is 0 Å². The first-order valence-electron chi connectivity index (χ1n) is 6.20. The van der Waals surface area contributed by atoms with Crippen LogP contribution in [0, 0.1) is 0 Å². The van der Waals surface area contributed by atoms with Crippen LogP contribution in [0.5, 0.6) is 0 Å². The van der Waals surface area contributed by atoms with Gasteiger partial charge in [-0.3, -0.25) is 4.90 Å². The highest BCUT2D eigenvalue weighted by Crippen LogP contribution is 2.02. The zero-order chi connectivity index (χ0) is 13.5. The van der Waals surface area contributed by atoms with Crippen LogP contribution < -0.4 is 5.32 Å². The van der Waals surface area contributed by atoms with E-state index < -0.39 is 12.0 Å². The van der Waals surface area contributed by atoms with E-state index in [0.717, 1.165) is 0 Å². The summed E-state index contributed by atoms with van der Waals surface area (Å²) < 4.78 is 0. The molecule has 3 N–H and O–H groups in total. The molecule has 2 amide bonds. The fourth-order valence-corrected chi connectivity index (χ4v) is 1.89. The molecule has 0 bridgehead atoms. The number of aliphatic hydroxyl groups excluding tert-OH is 1. The number of β-amino-alcohol motifs (C(OH)–C–C–N with tert-alkyl or cyclic N) is 1. The van der Waals surface area contributed by atoms with Gasteiger partial charge in [-0.2, -0.15) is 0 Å². The minimum absolute atomic E-state index is 0.114. The predicted molar refractivity (Wildman–Crippen MR) is 65.3 cm³/mol. The van der Waals surface area contributed by atoms with Crippen molar-refractivity contribution in [3.05, 3.63) is 0 Å². The molecule has 104 valence electrons. The van der Waals surface area contributed by atoms with Gasteiger partial charge in [-0.25, -0.2) is 9.59 Å². The van der Waals surface area contributed by atoms with E-state index >= 15 is 0 Å². The fourth-order valence-electron chi connectivity index (χ4n) is 1.89. The summed E-state index contributed by atoms with van der Waals surface area (Å²) in [6.45, 7) is 4.98. The van der Waals surface area contributed by atoms with Gasteiger partial charge in [0.15, 0.2) is 0 Å². The van der Waals surface area contributed by atoms with Crippen molar-refractivity contribution in [1.82, 2.24) is 15.1 Å². The lowest BCUT2D eigenvalue weighted by molar-refractivity contribution is -0.139. The first-order valence-corrected chi connectivity index (χ1v) is 6.20. The van der Waals surface area contributed by atoms with Gasteiger partial charge in [-0.05, 0) is 6.42 Å². The number of carbonyl (C=O) groups is 2. The summed E-state index contributed by atoms with van der Waals surface area (Å²) in [4.78, 5) is 26.3. The number of carboxylic acids is 1. The van der Waals surface area contributed by atoms with Crippen molar-refractivity contribution in [2.24, 2.45) is 0 Å². The van der Waals surface area contributed by atoms with Crippen LogP contribution in [0.4, 0.5) is 4.79 Å². The van der Waals surface area contributed by atoms with Crippen LogP contribution in [-0.4, -0.2) is 77.4 Å². The van der Waals surface area contributed by atoms with E-state index in [1.54, 1.807) is 11.8 Å². The quantitative estimate of drug-likeness (QED) is 0.599. The van der Waals surface area contributed by atoms with Crippen LogP contribution in [-0.2, 0) is 4.79 Å². The fraction of sp³-hybridized carbons (Fsp3) is 0.818. The number of carbonyl (C=O) groups excluding carboxylic acids is 1. The first kappa shape index (κ1) is 14.7. The molecular weight excluding hydrogens is 238 g/mol. The van der Waals surface area contributed by atoms with Crippen molar-refractivity contribution in [2.45, 2.75) is 19.4 Å². The Labute approximate surface area is 106 Å². The molecule has 0 unspecified atom stereocenters. The molecule has 1 rings (SSSR count). The Bertz CT molecular complexity index is 290. The molecule has 0 radical (unpaired) electrons. The molecule has 0 aliphatic carbocycles. The zero-order valence-corrected chi connectivity index (χ0v) is 10.6. The number of aliphatic carboxylic acids is 1. The maximum absolute atomic E-state index is 11.8. The van der Waals surface area contributed by atoms with Crippen LogP contribution in [0.15, 0.2) is 0 Å². The number of piperazine rings is 1. The summed E-state index contributed by atoms with van der Waals surface area (Å²) in [5.74, 6) is -1.01. The van der Waals surface area contributed by atoms with Gasteiger partial charge in [0.25, 0.3) is 0 Å². The third-order valence-electron chi connectivity index (χ3n) is 3.08. The van der Waals surface area contributed by atoms with Gasteiger partial charge in [0.2, 0.25) is 0 Å². The topological polar surface area (TPSA) is 93.1 Å². The Balaban J connectivity index is 2.38. The lowest BCUT2D eigenvalue weighted by Crippen LogP contribution is -2.54. The molecule has 1 aliphatic heterocycles. The van der Waals surface area contributed by atoms with E-state index in [0.29, 0.717) is 39.1 Å².